The Hall–Kier alpha value is -2.22. The zero-order chi connectivity index (χ0) is 19.9. The van der Waals surface area contributed by atoms with Gasteiger partial charge in [0, 0.05) is 24.5 Å². The number of alkyl halides is 3. The van der Waals surface area contributed by atoms with Crippen molar-refractivity contribution < 1.29 is 27.8 Å². The fourth-order valence-corrected chi connectivity index (χ4v) is 4.43. The number of anilines is 1. The van der Waals surface area contributed by atoms with Crippen LogP contribution in [0.2, 0.25) is 0 Å². The van der Waals surface area contributed by atoms with E-state index in [0.29, 0.717) is 37.2 Å². The molecule has 1 aliphatic carbocycles. The van der Waals surface area contributed by atoms with Crippen molar-refractivity contribution in [3.05, 3.63) is 29.3 Å². The molecule has 2 heterocycles. The summed E-state index contributed by atoms with van der Waals surface area (Å²) in [6.45, 7) is 2.47. The van der Waals surface area contributed by atoms with Crippen LogP contribution < -0.4 is 4.90 Å². The number of aromatic carboxylic acids is 1. The van der Waals surface area contributed by atoms with Gasteiger partial charge < -0.3 is 19.3 Å². The summed E-state index contributed by atoms with van der Waals surface area (Å²) in [5.41, 5.74) is -1.32. The Kier molecular flexibility index (Phi) is 4.99. The van der Waals surface area contributed by atoms with Gasteiger partial charge in [0.2, 0.25) is 0 Å². The molecule has 0 atom stereocenters. The van der Waals surface area contributed by atoms with E-state index < -0.39 is 23.3 Å². The van der Waals surface area contributed by atoms with Gasteiger partial charge in [0.15, 0.2) is 0 Å². The van der Waals surface area contributed by atoms with Gasteiger partial charge in [0.1, 0.15) is 5.82 Å². The molecule has 1 N–H and O–H groups in total. The second-order valence-electron chi connectivity index (χ2n) is 7.52. The fraction of sp³-hybridized carbons (Fsp3) is 0.550. The number of rotatable bonds is 3. The van der Waals surface area contributed by atoms with Crippen LogP contribution in [0.4, 0.5) is 19.0 Å². The van der Waals surface area contributed by atoms with Gasteiger partial charge in [-0.05, 0) is 31.0 Å². The van der Waals surface area contributed by atoms with Gasteiger partial charge in [-0.2, -0.15) is 13.2 Å². The Morgan fingerprint density at radius 1 is 1.07 bits per heavy atom. The van der Waals surface area contributed by atoms with E-state index in [9.17, 15) is 23.1 Å². The number of hydrogen-bond donors (Lipinski definition) is 1. The molecular weight excluding hydrogens is 373 g/mol. The minimum absolute atomic E-state index is 0.126. The summed E-state index contributed by atoms with van der Waals surface area (Å²) >= 11 is 0. The maximum atomic E-state index is 13.6. The second kappa shape index (κ2) is 7.31. The minimum atomic E-state index is -4.72. The quantitative estimate of drug-likeness (QED) is 0.817. The van der Waals surface area contributed by atoms with Crippen molar-refractivity contribution in [1.82, 2.24) is 4.57 Å². The summed E-state index contributed by atoms with van der Waals surface area (Å²) in [7, 11) is 0. The van der Waals surface area contributed by atoms with Gasteiger partial charge in [-0.25, -0.2) is 4.79 Å². The molecule has 2 aromatic rings. The SMILES string of the molecule is O=C(O)c1cc2cc(N3CCOCC3)n(C3CCCCC3)c2cc1C(F)(F)F. The van der Waals surface area contributed by atoms with Crippen molar-refractivity contribution in [3.8, 4) is 0 Å². The topological polar surface area (TPSA) is 54.7 Å². The number of aromatic nitrogens is 1. The largest absolute Gasteiger partial charge is 0.478 e. The first-order valence-corrected chi connectivity index (χ1v) is 9.68. The van der Waals surface area contributed by atoms with Gasteiger partial charge in [-0.15, -0.1) is 0 Å². The molecule has 1 aliphatic heterocycles. The lowest BCUT2D eigenvalue weighted by atomic mass is 9.95. The number of benzene rings is 1. The molecule has 0 amide bonds. The van der Waals surface area contributed by atoms with Gasteiger partial charge in [0.25, 0.3) is 0 Å². The third-order valence-electron chi connectivity index (χ3n) is 5.77. The first-order chi connectivity index (χ1) is 13.4. The summed E-state index contributed by atoms with van der Waals surface area (Å²) in [4.78, 5) is 13.6. The smallest absolute Gasteiger partial charge is 0.417 e. The van der Waals surface area contributed by atoms with Crippen molar-refractivity contribution in [1.29, 1.82) is 0 Å². The highest BCUT2D eigenvalue weighted by atomic mass is 19.4. The fourth-order valence-electron chi connectivity index (χ4n) is 4.43. The Bertz CT molecular complexity index is 879. The number of carboxylic acid groups (broad SMARTS) is 1. The van der Waals surface area contributed by atoms with Crippen molar-refractivity contribution in [2.75, 3.05) is 31.2 Å². The van der Waals surface area contributed by atoms with Crippen molar-refractivity contribution in [2.45, 2.75) is 44.3 Å². The standard InChI is InChI=1S/C20H23F3N2O3/c21-20(22,23)16-12-17-13(10-15(16)19(26)27)11-18(24-6-8-28-9-7-24)25(17)14-4-2-1-3-5-14/h10-12,14H,1-9H2,(H,26,27). The Labute approximate surface area is 160 Å². The zero-order valence-electron chi connectivity index (χ0n) is 15.5. The molecule has 2 aliphatic rings. The number of hydrogen-bond acceptors (Lipinski definition) is 3. The lowest BCUT2D eigenvalue weighted by Gasteiger charge is -2.33. The molecule has 4 rings (SSSR count). The number of carbonyl (C=O) groups is 1. The maximum absolute atomic E-state index is 13.6. The number of ether oxygens (including phenoxy) is 1. The summed E-state index contributed by atoms with van der Waals surface area (Å²) < 4.78 is 48.1. The molecule has 0 unspecified atom stereocenters. The van der Waals surface area contributed by atoms with Crippen LogP contribution in [0.5, 0.6) is 0 Å². The molecule has 0 spiro atoms. The van der Waals surface area contributed by atoms with Crippen molar-refractivity contribution in [2.24, 2.45) is 0 Å². The van der Waals surface area contributed by atoms with E-state index >= 15 is 0 Å². The van der Waals surface area contributed by atoms with Gasteiger partial charge in [-0.3, -0.25) is 0 Å². The van der Waals surface area contributed by atoms with Gasteiger partial charge in [-0.1, -0.05) is 19.3 Å². The van der Waals surface area contributed by atoms with Crippen LogP contribution in [-0.2, 0) is 10.9 Å². The molecule has 5 nitrogen and oxygen atoms in total. The number of carboxylic acids is 1. The predicted molar refractivity (Wildman–Crippen MR) is 99.1 cm³/mol. The molecule has 2 fully saturated rings. The zero-order valence-corrected chi connectivity index (χ0v) is 15.5. The summed E-state index contributed by atoms with van der Waals surface area (Å²) in [6.07, 6.45) is 0.354. The van der Waals surface area contributed by atoms with Crippen LogP contribution >= 0.6 is 0 Å². The number of morpholine rings is 1. The number of nitrogens with zero attached hydrogens (tertiary/aromatic N) is 2. The highest BCUT2D eigenvalue weighted by Gasteiger charge is 2.37. The monoisotopic (exact) mass is 396 g/mol. The van der Waals surface area contributed by atoms with Crippen LogP contribution in [0.3, 0.4) is 0 Å². The van der Waals surface area contributed by atoms with Crippen LogP contribution in [0, 0.1) is 0 Å². The molecule has 28 heavy (non-hydrogen) atoms. The Balaban J connectivity index is 1.93. The molecule has 0 bridgehead atoms. The lowest BCUT2D eigenvalue weighted by Crippen LogP contribution is -2.38. The third kappa shape index (κ3) is 3.45. The van der Waals surface area contributed by atoms with E-state index in [1.807, 2.05) is 10.6 Å². The predicted octanol–water partition coefficient (Wildman–Crippen LogP) is 4.70. The molecular formula is C20H23F3N2O3. The first-order valence-electron chi connectivity index (χ1n) is 9.68. The highest BCUT2D eigenvalue weighted by Crippen LogP contribution is 2.41. The molecule has 1 aromatic carbocycles. The molecule has 8 heteroatoms. The van der Waals surface area contributed by atoms with E-state index in [1.165, 1.54) is 6.07 Å². The van der Waals surface area contributed by atoms with E-state index in [4.69, 9.17) is 4.74 Å². The average molecular weight is 396 g/mol. The molecule has 1 saturated heterocycles. The van der Waals surface area contributed by atoms with Crippen molar-refractivity contribution >= 4 is 22.7 Å². The van der Waals surface area contributed by atoms with Crippen LogP contribution in [0.25, 0.3) is 10.9 Å². The van der Waals surface area contributed by atoms with E-state index in [0.717, 1.165) is 44.0 Å². The summed E-state index contributed by atoms with van der Waals surface area (Å²) in [6, 6.07) is 4.16. The van der Waals surface area contributed by atoms with Crippen LogP contribution in [-0.4, -0.2) is 41.9 Å². The minimum Gasteiger partial charge on any atom is -0.478 e. The van der Waals surface area contributed by atoms with Gasteiger partial charge >= 0.3 is 12.1 Å². The average Bonchev–Trinajstić information content (AvgIpc) is 3.06. The molecule has 1 saturated carbocycles. The lowest BCUT2D eigenvalue weighted by molar-refractivity contribution is -0.138. The molecule has 152 valence electrons. The first kappa shape index (κ1) is 19.1. The van der Waals surface area contributed by atoms with Crippen molar-refractivity contribution in [3.63, 3.8) is 0 Å². The molecule has 1 aromatic heterocycles. The normalized spacial score (nSPS) is 19.3. The Morgan fingerprint density at radius 2 is 1.75 bits per heavy atom. The highest BCUT2D eigenvalue weighted by molar-refractivity contribution is 5.97. The number of fused-ring (bicyclic) bond motifs is 1. The van der Waals surface area contributed by atoms with E-state index in [1.54, 1.807) is 0 Å². The van der Waals surface area contributed by atoms with E-state index in [2.05, 4.69) is 4.90 Å². The number of halogens is 3. The second-order valence-corrected chi connectivity index (χ2v) is 7.52. The van der Waals surface area contributed by atoms with E-state index in [-0.39, 0.29) is 6.04 Å². The summed E-state index contributed by atoms with van der Waals surface area (Å²) in [5, 5.41) is 9.87. The molecule has 0 radical (unpaired) electrons. The van der Waals surface area contributed by atoms with Crippen LogP contribution in [0.15, 0.2) is 18.2 Å². The summed E-state index contributed by atoms with van der Waals surface area (Å²) in [5.74, 6) is -0.701. The van der Waals surface area contributed by atoms with Gasteiger partial charge in [0.05, 0.1) is 29.9 Å². The third-order valence-corrected chi connectivity index (χ3v) is 5.77. The Morgan fingerprint density at radius 3 is 2.36 bits per heavy atom. The van der Waals surface area contributed by atoms with Crippen LogP contribution in [0.1, 0.15) is 54.1 Å². The maximum Gasteiger partial charge on any atom is 0.417 e.